The molecule has 3 nitrogen and oxygen atoms in total. The Morgan fingerprint density at radius 1 is 0.966 bits per heavy atom. The third-order valence-corrected chi connectivity index (χ3v) is 4.46. The van der Waals surface area contributed by atoms with Crippen molar-refractivity contribution in [2.45, 2.75) is 26.8 Å². The first-order valence-electron chi connectivity index (χ1n) is 8.89. The fraction of sp³-hybridized carbons (Fsp3) is 0.227. The predicted octanol–water partition coefficient (Wildman–Crippen LogP) is 7.81. The fourth-order valence-electron chi connectivity index (χ4n) is 3.18. The zero-order chi connectivity index (χ0) is 20.1. The number of aryl methyl sites for hydroxylation is 1. The summed E-state index contributed by atoms with van der Waals surface area (Å²) in [4.78, 5) is 9.54. The number of para-hydroxylation sites is 3. The van der Waals surface area contributed by atoms with Gasteiger partial charge in [-0.15, -0.1) is 0 Å². The van der Waals surface area contributed by atoms with Gasteiger partial charge in [0.1, 0.15) is 5.82 Å². The van der Waals surface area contributed by atoms with Crippen LogP contribution in [0, 0.1) is 13.3 Å². The van der Waals surface area contributed by atoms with E-state index in [1.165, 1.54) is 5.52 Å². The van der Waals surface area contributed by atoms with E-state index in [2.05, 4.69) is 65.9 Å². The molecule has 0 aliphatic carbocycles. The van der Waals surface area contributed by atoms with Gasteiger partial charge in [-0.25, -0.2) is 4.98 Å². The van der Waals surface area contributed by atoms with Crippen molar-refractivity contribution in [3.8, 4) is 11.4 Å². The van der Waals surface area contributed by atoms with Crippen molar-refractivity contribution in [3.63, 3.8) is 0 Å². The van der Waals surface area contributed by atoms with Crippen LogP contribution in [0.15, 0.2) is 60.8 Å². The van der Waals surface area contributed by atoms with Gasteiger partial charge >= 0.3 is 42.4 Å². The van der Waals surface area contributed by atoms with Gasteiger partial charge in [0.2, 0.25) is 0 Å². The second-order valence-corrected chi connectivity index (χ2v) is 16.6. The summed E-state index contributed by atoms with van der Waals surface area (Å²) in [5.41, 5.74) is 4.36. The Bertz CT molecular complexity index is 1060. The van der Waals surface area contributed by atoms with Crippen LogP contribution in [0.25, 0.3) is 33.3 Å². The minimum absolute atomic E-state index is 0. The molecule has 159 valence electrons. The van der Waals surface area contributed by atoms with E-state index >= 15 is 0 Å². The van der Waals surface area contributed by atoms with Gasteiger partial charge in [-0.05, 0) is 36.6 Å². The molecule has 0 N–H and O–H groups in total. The third kappa shape index (κ3) is 6.18. The summed E-state index contributed by atoms with van der Waals surface area (Å²) in [5.74, 6) is 1.67. The Kier molecular flexibility index (Phi) is 9.43. The fourth-order valence-corrected chi connectivity index (χ4v) is 3.18. The molecule has 0 amide bonds. The van der Waals surface area contributed by atoms with Crippen LogP contribution in [0.5, 0.6) is 0 Å². The van der Waals surface area contributed by atoms with Gasteiger partial charge in [-0.1, -0.05) is 44.2 Å². The molecule has 29 heavy (non-hydrogen) atoms. The van der Waals surface area contributed by atoms with Gasteiger partial charge in [-0.2, -0.15) is 0 Å². The molecular weight excluding hydrogens is 608 g/mol. The molecule has 2 aromatic carbocycles. The number of rotatable bonds is 4. The van der Waals surface area contributed by atoms with Crippen LogP contribution >= 0.6 is 28.3 Å². The van der Waals surface area contributed by atoms with Gasteiger partial charge in [0.15, 0.2) is 0 Å². The number of halogens is 3. The molecule has 0 radical (unpaired) electrons. The maximum absolute atomic E-state index is 4.96. The molecule has 0 aliphatic rings. The molecular formula is C22H24Cl3N3Pt-. The van der Waals surface area contributed by atoms with Crippen LogP contribution in [0.1, 0.15) is 20.3 Å². The molecule has 0 saturated heterocycles. The van der Waals surface area contributed by atoms with Crippen molar-refractivity contribution in [2.24, 2.45) is 5.92 Å². The van der Waals surface area contributed by atoms with Gasteiger partial charge in [0.25, 0.3) is 0 Å². The monoisotopic (exact) mass is 630 g/mol. The first kappa shape index (κ1) is 24.2. The van der Waals surface area contributed by atoms with Crippen LogP contribution in [0.3, 0.4) is 0 Å². The summed E-state index contributed by atoms with van der Waals surface area (Å²) >= 11 is -1.85. The summed E-state index contributed by atoms with van der Waals surface area (Å²) < 4.78 is 2.35. The minimum atomic E-state index is -1.85. The first-order valence-corrected chi connectivity index (χ1v) is 17.3. The molecule has 2 aromatic heterocycles. The van der Waals surface area contributed by atoms with E-state index in [1.807, 2.05) is 18.3 Å². The van der Waals surface area contributed by atoms with E-state index < -0.39 is 14.2 Å². The van der Waals surface area contributed by atoms with Gasteiger partial charge in [0, 0.05) is 23.7 Å². The Morgan fingerprint density at radius 3 is 2.38 bits per heavy atom. The van der Waals surface area contributed by atoms with Crippen LogP contribution < -0.4 is 0 Å². The Hall–Kier alpha value is -1.12. The normalized spacial score (nSPS) is 11.2. The Morgan fingerprint density at radius 2 is 1.66 bits per heavy atom. The summed E-state index contributed by atoms with van der Waals surface area (Å²) in [6.45, 7) is 5.49. The van der Waals surface area contributed by atoms with Crippen molar-refractivity contribution in [1.29, 1.82) is 0 Å². The quantitative estimate of drug-likeness (QED) is 0.215. The number of hydrogen-bond donors (Lipinski definition) is 0. The molecule has 0 spiro atoms. The van der Waals surface area contributed by atoms with E-state index in [4.69, 9.17) is 33.2 Å². The van der Waals surface area contributed by atoms with E-state index in [0.717, 1.165) is 40.8 Å². The van der Waals surface area contributed by atoms with E-state index in [9.17, 15) is 0 Å². The standard InChI is InChI=1S/C21H21N3.CH3.3ClH.Pt/c1-15(2)12-14-24-19-11-4-3-10-18(19)23-21(24)17-9-5-7-16-8-6-13-22-20(16)17;;;;;/h3-11,13,15H,12,14H2,1-2H3;1H3;3*1H;/q;-1;;;;+3/p-3. The number of nitrogens with zero attached hydrogens (tertiary/aromatic N) is 3. The molecule has 0 atom stereocenters. The van der Waals surface area contributed by atoms with Crippen molar-refractivity contribution in [2.75, 3.05) is 0 Å². The van der Waals surface area contributed by atoms with Crippen LogP contribution in [-0.2, 0) is 20.7 Å². The number of benzene rings is 2. The van der Waals surface area contributed by atoms with Crippen LogP contribution in [-0.4, -0.2) is 14.5 Å². The third-order valence-electron chi connectivity index (χ3n) is 4.46. The molecule has 0 unspecified atom stereocenters. The number of hydrogen-bond acceptors (Lipinski definition) is 2. The predicted molar refractivity (Wildman–Crippen MR) is 124 cm³/mol. The summed E-state index contributed by atoms with van der Waals surface area (Å²) in [7, 11) is 14.9. The van der Waals surface area contributed by atoms with Crippen molar-refractivity contribution < 1.29 is 14.2 Å². The van der Waals surface area contributed by atoms with Gasteiger partial charge in [-0.3, -0.25) is 4.98 Å². The van der Waals surface area contributed by atoms with E-state index in [1.54, 1.807) is 0 Å². The van der Waals surface area contributed by atoms with Crippen LogP contribution in [0.4, 0.5) is 0 Å². The maximum atomic E-state index is 4.96. The van der Waals surface area contributed by atoms with Crippen molar-refractivity contribution >= 4 is 50.2 Å². The van der Waals surface area contributed by atoms with Crippen molar-refractivity contribution in [1.82, 2.24) is 14.5 Å². The SMILES string of the molecule is CC(C)CCn1c(-c2cccc3cccnc23)nc2ccccc21.[CH3-].[Cl][Pt]([Cl])[Cl]. The summed E-state index contributed by atoms with van der Waals surface area (Å²) in [6, 6.07) is 18.8. The first-order chi connectivity index (χ1) is 13.5. The molecule has 2 heterocycles. The molecule has 0 saturated carbocycles. The number of pyridine rings is 1. The Labute approximate surface area is 190 Å². The number of aromatic nitrogens is 3. The summed E-state index contributed by atoms with van der Waals surface area (Å²) in [5, 5.41) is 1.15. The van der Waals surface area contributed by atoms with Gasteiger partial charge < -0.3 is 12.0 Å². The second kappa shape index (κ2) is 11.3. The average Bonchev–Trinajstić information content (AvgIpc) is 3.04. The zero-order valence-corrected chi connectivity index (χ0v) is 21.1. The van der Waals surface area contributed by atoms with Crippen LogP contribution in [0.2, 0.25) is 0 Å². The molecule has 7 heteroatoms. The zero-order valence-electron chi connectivity index (χ0n) is 16.6. The Balaban J connectivity index is 0.000000552. The second-order valence-electron chi connectivity index (χ2n) is 6.77. The van der Waals surface area contributed by atoms with E-state index in [0.29, 0.717) is 5.92 Å². The average molecular weight is 632 g/mol. The number of imidazole rings is 1. The van der Waals surface area contributed by atoms with E-state index in [-0.39, 0.29) is 7.43 Å². The molecule has 0 aliphatic heterocycles. The molecule has 0 bridgehead atoms. The topological polar surface area (TPSA) is 30.7 Å². The molecule has 4 aromatic rings. The number of fused-ring (bicyclic) bond motifs is 2. The molecule has 0 fully saturated rings. The van der Waals surface area contributed by atoms with Crippen molar-refractivity contribution in [3.05, 3.63) is 68.2 Å². The van der Waals surface area contributed by atoms with Gasteiger partial charge in [0.05, 0.1) is 16.6 Å². The molecule has 4 rings (SSSR count). The summed E-state index contributed by atoms with van der Waals surface area (Å²) in [6.07, 6.45) is 2.98.